The van der Waals surface area contributed by atoms with Gasteiger partial charge in [0.15, 0.2) is 0 Å². The van der Waals surface area contributed by atoms with Crippen LogP contribution in [-0.4, -0.2) is 31.8 Å². The normalized spacial score (nSPS) is 11.8. The van der Waals surface area contributed by atoms with E-state index in [1.165, 1.54) is 42.5 Å². The van der Waals surface area contributed by atoms with Crippen molar-refractivity contribution in [2.45, 2.75) is 9.79 Å². The van der Waals surface area contributed by atoms with Crippen molar-refractivity contribution in [2.75, 3.05) is 9.44 Å². The molecule has 0 fully saturated rings. The van der Waals surface area contributed by atoms with Crippen LogP contribution in [0.25, 0.3) is 0 Å². The van der Waals surface area contributed by atoms with Gasteiger partial charge in [0.2, 0.25) is 0 Å². The predicted octanol–water partition coefficient (Wildman–Crippen LogP) is 2.78. The lowest BCUT2D eigenvalue weighted by Gasteiger charge is -2.10. The molecule has 0 saturated heterocycles. The van der Waals surface area contributed by atoms with Gasteiger partial charge in [-0.3, -0.25) is 9.44 Å². The summed E-state index contributed by atoms with van der Waals surface area (Å²) in [5.41, 5.74) is 0. The largest absolute Gasteiger partial charge is 0.264 e. The van der Waals surface area contributed by atoms with Crippen molar-refractivity contribution in [1.82, 2.24) is 15.0 Å². The molecule has 28 heavy (non-hydrogen) atoms. The number of sulfonamides is 2. The summed E-state index contributed by atoms with van der Waals surface area (Å²) in [6.45, 7) is 0. The molecule has 0 amide bonds. The van der Waals surface area contributed by atoms with E-state index in [1.807, 2.05) is 0 Å². The highest BCUT2D eigenvalue weighted by molar-refractivity contribution is 7.93. The first-order valence-corrected chi connectivity index (χ1v) is 11.1. The number of nitrogens with zero attached hydrogens (tertiary/aromatic N) is 3. The zero-order valence-corrected chi connectivity index (χ0v) is 16.9. The molecule has 0 spiro atoms. The fourth-order valence-corrected chi connectivity index (χ4v) is 4.10. The second kappa shape index (κ2) is 7.87. The number of pyridine rings is 3. The van der Waals surface area contributed by atoms with Crippen molar-refractivity contribution < 1.29 is 16.8 Å². The lowest BCUT2D eigenvalue weighted by Crippen LogP contribution is -2.17. The molecule has 0 aliphatic carbocycles. The maximum Gasteiger partial charge on any atom is 0.264 e. The van der Waals surface area contributed by atoms with Crippen LogP contribution in [0, 0.1) is 0 Å². The van der Waals surface area contributed by atoms with Gasteiger partial charge in [-0.2, -0.15) is 0 Å². The van der Waals surface area contributed by atoms with Gasteiger partial charge in [-0.05, 0) is 36.4 Å². The van der Waals surface area contributed by atoms with Gasteiger partial charge in [0.25, 0.3) is 20.0 Å². The van der Waals surface area contributed by atoms with E-state index in [2.05, 4.69) is 24.4 Å². The molecule has 3 rings (SSSR count). The number of nitrogens with one attached hydrogen (secondary N) is 2. The van der Waals surface area contributed by atoms with Gasteiger partial charge in [-0.1, -0.05) is 29.3 Å². The van der Waals surface area contributed by atoms with Crippen LogP contribution in [0.4, 0.5) is 11.6 Å². The molecule has 0 radical (unpaired) electrons. The second-order valence-electron chi connectivity index (χ2n) is 5.25. The van der Waals surface area contributed by atoms with E-state index >= 15 is 0 Å². The van der Waals surface area contributed by atoms with E-state index in [1.54, 1.807) is 0 Å². The minimum atomic E-state index is -3.98. The Bertz CT molecular complexity index is 1110. The summed E-state index contributed by atoms with van der Waals surface area (Å²) in [7, 11) is -7.97. The van der Waals surface area contributed by atoms with Crippen molar-refractivity contribution in [1.29, 1.82) is 0 Å². The zero-order valence-electron chi connectivity index (χ0n) is 13.7. The minimum absolute atomic E-state index is 0.0932. The topological polar surface area (TPSA) is 131 Å². The van der Waals surface area contributed by atoms with Crippen LogP contribution in [0.15, 0.2) is 64.6 Å². The smallest absolute Gasteiger partial charge is 0.263 e. The first kappa shape index (κ1) is 20.3. The Labute approximate surface area is 170 Å². The van der Waals surface area contributed by atoms with Gasteiger partial charge in [0.1, 0.15) is 31.7 Å². The third kappa shape index (κ3) is 4.87. The van der Waals surface area contributed by atoms with Gasteiger partial charge in [-0.15, -0.1) is 0 Å². The molecule has 0 bridgehead atoms. The fourth-order valence-electron chi connectivity index (χ4n) is 1.98. The summed E-state index contributed by atoms with van der Waals surface area (Å²) in [4.78, 5) is 11.1. The summed E-state index contributed by atoms with van der Waals surface area (Å²) in [6, 6.07) is 9.37. The Balaban J connectivity index is 1.82. The molecule has 0 atom stereocenters. The summed E-state index contributed by atoms with van der Waals surface area (Å²) in [5.74, 6) is -0.186. The Morgan fingerprint density at radius 2 is 1.11 bits per heavy atom. The molecule has 2 N–H and O–H groups in total. The summed E-state index contributed by atoms with van der Waals surface area (Å²) < 4.78 is 54.0. The summed E-state index contributed by atoms with van der Waals surface area (Å²) in [6.07, 6.45) is 2.18. The molecule has 0 aliphatic rings. The highest BCUT2D eigenvalue weighted by Crippen LogP contribution is 2.19. The van der Waals surface area contributed by atoms with Crippen LogP contribution in [0.5, 0.6) is 0 Å². The Hall–Kier alpha value is -2.47. The predicted molar refractivity (Wildman–Crippen MR) is 104 cm³/mol. The highest BCUT2D eigenvalue weighted by Gasteiger charge is 2.18. The monoisotopic (exact) mass is 459 g/mol. The molecule has 0 saturated carbocycles. The van der Waals surface area contributed by atoms with Crippen LogP contribution in [0.1, 0.15) is 0 Å². The van der Waals surface area contributed by atoms with Crippen molar-refractivity contribution in [3.05, 3.63) is 65.2 Å². The average molecular weight is 460 g/mol. The van der Waals surface area contributed by atoms with E-state index in [0.717, 1.165) is 12.4 Å². The second-order valence-corrected chi connectivity index (χ2v) is 9.39. The lowest BCUT2D eigenvalue weighted by atomic mass is 10.4. The third-order valence-corrected chi connectivity index (χ3v) is 6.38. The molecule has 3 heterocycles. The Morgan fingerprint density at radius 3 is 1.46 bits per heavy atom. The van der Waals surface area contributed by atoms with Gasteiger partial charge in [-0.25, -0.2) is 31.8 Å². The molecule has 3 aromatic heterocycles. The standard InChI is InChI=1S/C15H11Cl2N5O4S2/c16-12-6-4-10(8-18-12)27(23,24)21-14-2-1-3-15(20-14)22-28(25,26)11-5-7-13(17)19-9-11/h1-9H,(H2,20,21,22). The number of hydrogen-bond donors (Lipinski definition) is 2. The number of hydrogen-bond acceptors (Lipinski definition) is 7. The maximum atomic E-state index is 12.4. The first-order chi connectivity index (χ1) is 13.2. The fraction of sp³-hybridized carbons (Fsp3) is 0. The van der Waals surface area contributed by atoms with Crippen molar-refractivity contribution in [3.8, 4) is 0 Å². The van der Waals surface area contributed by atoms with Crippen molar-refractivity contribution in [2.24, 2.45) is 0 Å². The van der Waals surface area contributed by atoms with Crippen molar-refractivity contribution in [3.63, 3.8) is 0 Å². The number of aromatic nitrogens is 3. The maximum absolute atomic E-state index is 12.4. The van der Waals surface area contributed by atoms with Crippen LogP contribution in [0.2, 0.25) is 10.3 Å². The SMILES string of the molecule is O=S(=O)(Nc1cccc(NS(=O)(=O)c2ccc(Cl)nc2)n1)c1ccc(Cl)nc1. The van der Waals surface area contributed by atoms with Crippen molar-refractivity contribution >= 4 is 54.9 Å². The van der Waals surface area contributed by atoms with Gasteiger partial charge in [0, 0.05) is 12.4 Å². The average Bonchev–Trinajstić information content (AvgIpc) is 2.62. The van der Waals surface area contributed by atoms with E-state index in [-0.39, 0.29) is 31.7 Å². The molecule has 0 aromatic carbocycles. The molecule has 0 aliphatic heterocycles. The van der Waals surface area contributed by atoms with Gasteiger partial charge >= 0.3 is 0 Å². The number of rotatable bonds is 6. The minimum Gasteiger partial charge on any atom is -0.263 e. The summed E-state index contributed by atoms with van der Waals surface area (Å²) in [5, 5.41) is 0.287. The van der Waals surface area contributed by atoms with E-state index < -0.39 is 20.0 Å². The molecular formula is C15H11Cl2N5O4S2. The van der Waals surface area contributed by atoms with E-state index in [4.69, 9.17) is 23.2 Å². The number of anilines is 2. The lowest BCUT2D eigenvalue weighted by molar-refractivity contribution is 0.599. The number of halogens is 2. The molecular weight excluding hydrogens is 449 g/mol. The van der Waals surface area contributed by atoms with E-state index in [9.17, 15) is 16.8 Å². The zero-order chi connectivity index (χ0) is 20.4. The van der Waals surface area contributed by atoms with Gasteiger partial charge < -0.3 is 0 Å². The summed E-state index contributed by atoms with van der Waals surface area (Å²) >= 11 is 11.3. The molecule has 13 heteroatoms. The van der Waals surface area contributed by atoms with Crippen LogP contribution in [0.3, 0.4) is 0 Å². The quantitative estimate of drug-likeness (QED) is 0.541. The van der Waals surface area contributed by atoms with Gasteiger partial charge in [0.05, 0.1) is 0 Å². The molecule has 146 valence electrons. The molecule has 9 nitrogen and oxygen atoms in total. The third-order valence-electron chi connectivity index (χ3n) is 3.25. The van der Waals surface area contributed by atoms with E-state index in [0.29, 0.717) is 0 Å². The molecule has 3 aromatic rings. The Kier molecular flexibility index (Phi) is 5.70. The van der Waals surface area contributed by atoms with Crippen LogP contribution < -0.4 is 9.44 Å². The Morgan fingerprint density at radius 1 is 0.679 bits per heavy atom. The van der Waals surface area contributed by atoms with Crippen LogP contribution >= 0.6 is 23.2 Å². The highest BCUT2D eigenvalue weighted by atomic mass is 35.5. The first-order valence-electron chi connectivity index (χ1n) is 7.41. The van der Waals surface area contributed by atoms with Crippen LogP contribution in [-0.2, 0) is 20.0 Å². The molecule has 0 unspecified atom stereocenters.